The second kappa shape index (κ2) is 6.40. The second-order valence-electron chi connectivity index (χ2n) is 6.49. The summed E-state index contributed by atoms with van der Waals surface area (Å²) in [6.45, 7) is 2.82. The number of H-pyrrole nitrogens is 2. The fourth-order valence-electron chi connectivity index (χ4n) is 3.33. The number of sulfonamides is 1. The van der Waals surface area contributed by atoms with Gasteiger partial charge in [-0.15, -0.1) is 0 Å². The minimum Gasteiger partial charge on any atom is -0.408 e. The molecule has 3 heterocycles. The Bertz CT molecular complexity index is 1110. The molecule has 1 aliphatic rings. The summed E-state index contributed by atoms with van der Waals surface area (Å²) in [5.74, 6) is -0.601. The lowest BCUT2D eigenvalue weighted by molar-refractivity contribution is 0.388. The van der Waals surface area contributed by atoms with E-state index in [9.17, 15) is 13.2 Å². The third kappa shape index (κ3) is 2.86. The molecule has 0 unspecified atom stereocenters. The lowest BCUT2D eigenvalue weighted by atomic mass is 10.0. The van der Waals surface area contributed by atoms with Crippen LogP contribution in [0.25, 0.3) is 11.1 Å². The number of aromatic nitrogens is 3. The van der Waals surface area contributed by atoms with Gasteiger partial charge < -0.3 is 4.42 Å². The third-order valence-electron chi connectivity index (χ3n) is 4.78. The lowest BCUT2D eigenvalue weighted by Crippen LogP contribution is -2.36. The zero-order valence-electron chi connectivity index (χ0n) is 14.4. The van der Waals surface area contributed by atoms with Crippen LogP contribution >= 0.6 is 0 Å². The van der Waals surface area contributed by atoms with Crippen LogP contribution in [0, 0.1) is 0 Å². The standard InChI is InChI=1S/C17H20N4O4S/c1-2-3-4-13-12-10-21(8-7-14(12)20-19-13)26(23,24)11-5-6-16-15(9-11)18-17(22)25-16/h5-6,9H,2-4,7-8,10H2,1H3,(H,18,22)(H,19,20). The predicted octanol–water partition coefficient (Wildman–Crippen LogP) is 1.93. The second-order valence-corrected chi connectivity index (χ2v) is 8.43. The van der Waals surface area contributed by atoms with E-state index in [0.717, 1.165) is 36.2 Å². The van der Waals surface area contributed by atoms with Crippen LogP contribution in [0.3, 0.4) is 0 Å². The fraction of sp³-hybridized carbons (Fsp3) is 0.412. The molecule has 0 bridgehead atoms. The normalized spacial score (nSPS) is 15.4. The Hall–Kier alpha value is -2.39. The van der Waals surface area contributed by atoms with Crippen molar-refractivity contribution in [2.75, 3.05) is 6.54 Å². The largest absolute Gasteiger partial charge is 0.417 e. The number of benzene rings is 1. The first-order valence-corrected chi connectivity index (χ1v) is 10.1. The molecule has 0 aliphatic carbocycles. The van der Waals surface area contributed by atoms with Gasteiger partial charge in [0.05, 0.1) is 16.1 Å². The number of nitrogens with zero attached hydrogens (tertiary/aromatic N) is 2. The van der Waals surface area contributed by atoms with Crippen LogP contribution in [0.15, 0.2) is 32.3 Å². The molecular weight excluding hydrogens is 356 g/mol. The average molecular weight is 376 g/mol. The molecule has 0 radical (unpaired) electrons. The molecule has 4 rings (SSSR count). The molecule has 0 amide bonds. The van der Waals surface area contributed by atoms with Gasteiger partial charge in [-0.05, 0) is 31.0 Å². The molecule has 26 heavy (non-hydrogen) atoms. The molecule has 0 saturated carbocycles. The van der Waals surface area contributed by atoms with Gasteiger partial charge in [-0.2, -0.15) is 9.40 Å². The average Bonchev–Trinajstić information content (AvgIpc) is 3.20. The fourth-order valence-corrected chi connectivity index (χ4v) is 4.76. The summed E-state index contributed by atoms with van der Waals surface area (Å²) < 4.78 is 32.5. The van der Waals surface area contributed by atoms with Crippen molar-refractivity contribution in [1.29, 1.82) is 0 Å². The van der Waals surface area contributed by atoms with Gasteiger partial charge in [0.1, 0.15) is 0 Å². The quantitative estimate of drug-likeness (QED) is 0.707. The number of rotatable bonds is 5. The van der Waals surface area contributed by atoms with Gasteiger partial charge in [-0.1, -0.05) is 13.3 Å². The van der Waals surface area contributed by atoms with Crippen LogP contribution < -0.4 is 5.76 Å². The number of aromatic amines is 2. The number of hydrogen-bond donors (Lipinski definition) is 2. The van der Waals surface area contributed by atoms with E-state index in [1.54, 1.807) is 0 Å². The summed E-state index contributed by atoms with van der Waals surface area (Å²) >= 11 is 0. The highest BCUT2D eigenvalue weighted by molar-refractivity contribution is 7.89. The highest BCUT2D eigenvalue weighted by Gasteiger charge is 2.31. The molecule has 8 nitrogen and oxygen atoms in total. The maximum Gasteiger partial charge on any atom is 0.417 e. The van der Waals surface area contributed by atoms with Gasteiger partial charge in [0, 0.05) is 30.8 Å². The third-order valence-corrected chi connectivity index (χ3v) is 6.62. The van der Waals surface area contributed by atoms with Gasteiger partial charge in [0.15, 0.2) is 5.58 Å². The number of hydrogen-bond acceptors (Lipinski definition) is 5. The number of oxazole rings is 1. The molecule has 0 atom stereocenters. The topological polar surface area (TPSA) is 112 Å². The number of unbranched alkanes of at least 4 members (excludes halogenated alkanes) is 1. The molecule has 138 valence electrons. The summed E-state index contributed by atoms with van der Waals surface area (Å²) in [6, 6.07) is 4.41. The summed E-state index contributed by atoms with van der Waals surface area (Å²) in [7, 11) is -3.67. The number of nitrogens with one attached hydrogen (secondary N) is 2. The highest BCUT2D eigenvalue weighted by atomic mass is 32.2. The molecular formula is C17H20N4O4S. The molecule has 0 spiro atoms. The predicted molar refractivity (Wildman–Crippen MR) is 95.3 cm³/mol. The molecule has 0 fully saturated rings. The van der Waals surface area contributed by atoms with E-state index in [4.69, 9.17) is 4.42 Å². The van der Waals surface area contributed by atoms with Crippen molar-refractivity contribution in [2.45, 2.75) is 44.0 Å². The van der Waals surface area contributed by atoms with Crippen LogP contribution in [0.5, 0.6) is 0 Å². The van der Waals surface area contributed by atoms with E-state index < -0.39 is 15.8 Å². The molecule has 2 aromatic heterocycles. The monoisotopic (exact) mass is 376 g/mol. The minimum absolute atomic E-state index is 0.143. The maximum atomic E-state index is 13.1. The van der Waals surface area contributed by atoms with Crippen LogP contribution in [0.1, 0.15) is 36.7 Å². The van der Waals surface area contributed by atoms with Crippen molar-refractivity contribution in [1.82, 2.24) is 19.5 Å². The molecule has 1 aliphatic heterocycles. The van der Waals surface area contributed by atoms with Gasteiger partial charge >= 0.3 is 5.76 Å². The first-order chi connectivity index (χ1) is 12.5. The summed E-state index contributed by atoms with van der Waals surface area (Å²) in [5.41, 5.74) is 3.69. The molecule has 2 N–H and O–H groups in total. The van der Waals surface area contributed by atoms with Crippen LogP contribution in [0.2, 0.25) is 0 Å². The van der Waals surface area contributed by atoms with Crippen molar-refractivity contribution in [3.8, 4) is 0 Å². The zero-order chi connectivity index (χ0) is 18.3. The van der Waals surface area contributed by atoms with Crippen molar-refractivity contribution in [3.63, 3.8) is 0 Å². The Balaban J connectivity index is 1.65. The molecule has 9 heteroatoms. The first-order valence-electron chi connectivity index (χ1n) is 8.67. The number of fused-ring (bicyclic) bond motifs is 2. The van der Waals surface area contributed by atoms with E-state index in [1.165, 1.54) is 22.5 Å². The van der Waals surface area contributed by atoms with Gasteiger partial charge in [-0.25, -0.2) is 13.2 Å². The van der Waals surface area contributed by atoms with Crippen molar-refractivity contribution < 1.29 is 12.8 Å². The summed E-state index contributed by atoms with van der Waals surface area (Å²) in [4.78, 5) is 13.9. The van der Waals surface area contributed by atoms with Crippen LogP contribution in [0.4, 0.5) is 0 Å². The van der Waals surface area contributed by atoms with E-state index in [2.05, 4.69) is 22.1 Å². The molecule has 1 aromatic carbocycles. The van der Waals surface area contributed by atoms with Gasteiger partial charge in [0.2, 0.25) is 10.0 Å². The van der Waals surface area contributed by atoms with E-state index in [0.29, 0.717) is 30.6 Å². The van der Waals surface area contributed by atoms with Crippen LogP contribution in [-0.2, 0) is 29.4 Å². The van der Waals surface area contributed by atoms with E-state index in [-0.39, 0.29) is 4.90 Å². The number of aryl methyl sites for hydroxylation is 1. The summed E-state index contributed by atoms with van der Waals surface area (Å²) in [5, 5.41) is 7.42. The first kappa shape index (κ1) is 17.0. The van der Waals surface area contributed by atoms with Gasteiger partial charge in [0.25, 0.3) is 0 Å². The minimum atomic E-state index is -3.67. The van der Waals surface area contributed by atoms with Crippen molar-refractivity contribution >= 4 is 21.1 Å². The Morgan fingerprint density at radius 2 is 2.19 bits per heavy atom. The van der Waals surface area contributed by atoms with Crippen molar-refractivity contribution in [2.24, 2.45) is 0 Å². The Morgan fingerprint density at radius 3 is 3.00 bits per heavy atom. The Morgan fingerprint density at radius 1 is 1.35 bits per heavy atom. The zero-order valence-corrected chi connectivity index (χ0v) is 15.2. The maximum absolute atomic E-state index is 13.1. The SMILES string of the molecule is CCCCc1n[nH]c2c1CN(S(=O)(=O)c1ccc3oc(=O)[nH]c3c1)CC2. The Kier molecular flexibility index (Phi) is 4.20. The Labute approximate surface area is 150 Å². The summed E-state index contributed by atoms with van der Waals surface area (Å²) in [6.07, 6.45) is 3.54. The highest BCUT2D eigenvalue weighted by Crippen LogP contribution is 2.27. The van der Waals surface area contributed by atoms with Crippen molar-refractivity contribution in [3.05, 3.63) is 45.7 Å². The van der Waals surface area contributed by atoms with E-state index >= 15 is 0 Å². The molecule has 0 saturated heterocycles. The van der Waals surface area contributed by atoms with Crippen LogP contribution in [-0.4, -0.2) is 34.4 Å². The van der Waals surface area contributed by atoms with Gasteiger partial charge in [-0.3, -0.25) is 10.1 Å². The molecule has 3 aromatic rings. The smallest absolute Gasteiger partial charge is 0.408 e. The lowest BCUT2D eigenvalue weighted by Gasteiger charge is -2.26. The van der Waals surface area contributed by atoms with E-state index in [1.807, 2.05) is 0 Å².